The van der Waals surface area contributed by atoms with Gasteiger partial charge in [-0.15, -0.1) is 6.58 Å². The highest BCUT2D eigenvalue weighted by molar-refractivity contribution is 5.56. The molecule has 1 N–H and O–H groups in total. The van der Waals surface area contributed by atoms with Crippen molar-refractivity contribution in [3.63, 3.8) is 0 Å². The molecule has 0 spiro atoms. The summed E-state index contributed by atoms with van der Waals surface area (Å²) in [6.07, 6.45) is 6.01. The Morgan fingerprint density at radius 3 is 2.23 bits per heavy atom. The Morgan fingerprint density at radius 1 is 1.05 bits per heavy atom. The van der Waals surface area contributed by atoms with E-state index in [0.29, 0.717) is 6.42 Å². The number of rotatable bonds is 6. The van der Waals surface area contributed by atoms with Gasteiger partial charge in [0, 0.05) is 26.2 Å². The highest BCUT2D eigenvalue weighted by atomic mass is 16.3. The van der Waals surface area contributed by atoms with Crippen LogP contribution in [0.2, 0.25) is 0 Å². The predicted octanol–water partition coefficient (Wildman–Crippen LogP) is 4.23. The summed E-state index contributed by atoms with van der Waals surface area (Å²) in [6.45, 7) is 3.76. The van der Waals surface area contributed by atoms with Crippen molar-refractivity contribution >= 4 is 11.8 Å². The molecule has 0 bridgehead atoms. The number of nitrogens with zero attached hydrogens (tertiary/aromatic N) is 1. The first kappa shape index (κ1) is 16.1. The SMILES string of the molecule is C=CCC(O)(/C=C/c1ccc(N(C)C)cc1)c1ccccc1. The van der Waals surface area contributed by atoms with E-state index in [4.69, 9.17) is 0 Å². The zero-order chi connectivity index (χ0) is 16.0. The van der Waals surface area contributed by atoms with E-state index in [1.54, 1.807) is 6.08 Å². The minimum Gasteiger partial charge on any atom is -0.381 e. The molecule has 0 aromatic heterocycles. The normalized spacial score (nSPS) is 13.8. The molecule has 0 heterocycles. The summed E-state index contributed by atoms with van der Waals surface area (Å²) in [4.78, 5) is 2.06. The second kappa shape index (κ2) is 7.10. The summed E-state index contributed by atoms with van der Waals surface area (Å²) < 4.78 is 0. The van der Waals surface area contributed by atoms with Gasteiger partial charge in [-0.25, -0.2) is 0 Å². The standard InChI is InChI=1S/C20H23NO/c1-4-15-20(22,18-8-6-5-7-9-18)16-14-17-10-12-19(13-11-17)21(2)3/h4-14,16,22H,1,15H2,2-3H3/b16-14+. The van der Waals surface area contributed by atoms with Gasteiger partial charge in [-0.1, -0.05) is 54.6 Å². The van der Waals surface area contributed by atoms with Crippen molar-refractivity contribution in [2.75, 3.05) is 19.0 Å². The summed E-state index contributed by atoms with van der Waals surface area (Å²) in [5, 5.41) is 10.9. The molecule has 1 atom stereocenters. The zero-order valence-corrected chi connectivity index (χ0v) is 13.2. The van der Waals surface area contributed by atoms with Crippen LogP contribution in [0, 0.1) is 0 Å². The Kier molecular flexibility index (Phi) is 5.18. The number of hydrogen-bond donors (Lipinski definition) is 1. The second-order valence-electron chi connectivity index (χ2n) is 5.60. The van der Waals surface area contributed by atoms with E-state index in [9.17, 15) is 5.11 Å². The van der Waals surface area contributed by atoms with Crippen LogP contribution in [-0.2, 0) is 5.60 Å². The molecule has 0 fully saturated rings. The Labute approximate surface area is 133 Å². The molecule has 0 saturated heterocycles. The molecule has 0 amide bonds. The van der Waals surface area contributed by atoms with Crippen molar-refractivity contribution in [2.24, 2.45) is 0 Å². The van der Waals surface area contributed by atoms with E-state index in [2.05, 4.69) is 23.6 Å². The van der Waals surface area contributed by atoms with Crippen LogP contribution in [0.5, 0.6) is 0 Å². The topological polar surface area (TPSA) is 23.5 Å². The molecule has 114 valence electrons. The third-order valence-electron chi connectivity index (χ3n) is 3.69. The third kappa shape index (κ3) is 3.86. The summed E-state index contributed by atoms with van der Waals surface area (Å²) in [6, 6.07) is 17.9. The molecular formula is C20H23NO. The molecule has 0 radical (unpaired) electrons. The van der Waals surface area contributed by atoms with Crippen LogP contribution in [0.25, 0.3) is 6.08 Å². The van der Waals surface area contributed by atoms with Gasteiger partial charge in [-0.05, 0) is 29.3 Å². The molecule has 0 aliphatic heterocycles. The van der Waals surface area contributed by atoms with Gasteiger partial charge in [-0.2, -0.15) is 0 Å². The van der Waals surface area contributed by atoms with Crippen molar-refractivity contribution < 1.29 is 5.11 Å². The summed E-state index contributed by atoms with van der Waals surface area (Å²) in [5.41, 5.74) is 2.06. The lowest BCUT2D eigenvalue weighted by Gasteiger charge is -2.23. The van der Waals surface area contributed by atoms with Crippen LogP contribution in [0.3, 0.4) is 0 Å². The lowest BCUT2D eigenvalue weighted by atomic mass is 9.89. The van der Waals surface area contributed by atoms with Gasteiger partial charge in [0.05, 0.1) is 0 Å². The fourth-order valence-corrected chi connectivity index (χ4v) is 2.35. The predicted molar refractivity (Wildman–Crippen MR) is 95.0 cm³/mol. The second-order valence-corrected chi connectivity index (χ2v) is 5.60. The van der Waals surface area contributed by atoms with Crippen LogP contribution in [0.15, 0.2) is 73.3 Å². The molecular weight excluding hydrogens is 270 g/mol. The maximum Gasteiger partial charge on any atom is 0.111 e. The number of aliphatic hydroxyl groups is 1. The number of anilines is 1. The fraction of sp³-hybridized carbons (Fsp3) is 0.200. The number of hydrogen-bond acceptors (Lipinski definition) is 2. The number of benzene rings is 2. The third-order valence-corrected chi connectivity index (χ3v) is 3.69. The molecule has 2 rings (SSSR count). The Balaban J connectivity index is 2.25. The molecule has 1 unspecified atom stereocenters. The highest BCUT2D eigenvalue weighted by Gasteiger charge is 2.23. The van der Waals surface area contributed by atoms with Crippen molar-refractivity contribution in [2.45, 2.75) is 12.0 Å². The molecule has 0 saturated carbocycles. The van der Waals surface area contributed by atoms with Crippen molar-refractivity contribution in [1.82, 2.24) is 0 Å². The van der Waals surface area contributed by atoms with Crippen LogP contribution >= 0.6 is 0 Å². The molecule has 2 aromatic carbocycles. The highest BCUT2D eigenvalue weighted by Crippen LogP contribution is 2.28. The van der Waals surface area contributed by atoms with Gasteiger partial charge in [0.15, 0.2) is 0 Å². The molecule has 0 aliphatic rings. The average molecular weight is 293 g/mol. The van der Waals surface area contributed by atoms with Crippen LogP contribution < -0.4 is 4.90 Å². The monoisotopic (exact) mass is 293 g/mol. The molecule has 2 aromatic rings. The lowest BCUT2D eigenvalue weighted by Crippen LogP contribution is -2.21. The van der Waals surface area contributed by atoms with E-state index in [0.717, 1.165) is 16.8 Å². The Hall–Kier alpha value is -2.32. The maximum atomic E-state index is 10.9. The van der Waals surface area contributed by atoms with Crippen LogP contribution in [-0.4, -0.2) is 19.2 Å². The summed E-state index contributed by atoms with van der Waals surface area (Å²) in [7, 11) is 4.03. The van der Waals surface area contributed by atoms with E-state index >= 15 is 0 Å². The van der Waals surface area contributed by atoms with Gasteiger partial charge in [0.1, 0.15) is 5.60 Å². The van der Waals surface area contributed by atoms with Crippen molar-refractivity contribution in [3.05, 3.63) is 84.5 Å². The molecule has 2 nitrogen and oxygen atoms in total. The molecule has 0 aliphatic carbocycles. The van der Waals surface area contributed by atoms with Crippen molar-refractivity contribution in [3.8, 4) is 0 Å². The minimum atomic E-state index is -1.02. The molecule has 2 heteroatoms. The first-order valence-electron chi connectivity index (χ1n) is 7.40. The summed E-state index contributed by atoms with van der Waals surface area (Å²) in [5.74, 6) is 0. The van der Waals surface area contributed by atoms with Crippen LogP contribution in [0.1, 0.15) is 17.5 Å². The first-order valence-corrected chi connectivity index (χ1v) is 7.40. The minimum absolute atomic E-state index is 0.475. The summed E-state index contributed by atoms with van der Waals surface area (Å²) >= 11 is 0. The van der Waals surface area contributed by atoms with Gasteiger partial charge < -0.3 is 10.0 Å². The van der Waals surface area contributed by atoms with Gasteiger partial charge in [0.2, 0.25) is 0 Å². The van der Waals surface area contributed by atoms with Crippen molar-refractivity contribution in [1.29, 1.82) is 0 Å². The lowest BCUT2D eigenvalue weighted by molar-refractivity contribution is 0.0938. The van der Waals surface area contributed by atoms with E-state index in [1.807, 2.05) is 68.7 Å². The maximum absolute atomic E-state index is 10.9. The molecule has 22 heavy (non-hydrogen) atoms. The van der Waals surface area contributed by atoms with Gasteiger partial charge in [0.25, 0.3) is 0 Å². The smallest absolute Gasteiger partial charge is 0.111 e. The fourth-order valence-electron chi connectivity index (χ4n) is 2.35. The van der Waals surface area contributed by atoms with E-state index < -0.39 is 5.60 Å². The zero-order valence-electron chi connectivity index (χ0n) is 13.2. The van der Waals surface area contributed by atoms with Crippen LogP contribution in [0.4, 0.5) is 5.69 Å². The average Bonchev–Trinajstić information content (AvgIpc) is 2.54. The Morgan fingerprint density at radius 2 is 1.68 bits per heavy atom. The first-order chi connectivity index (χ1) is 10.5. The van der Waals surface area contributed by atoms with E-state index in [1.165, 1.54) is 0 Å². The quantitative estimate of drug-likeness (QED) is 0.806. The largest absolute Gasteiger partial charge is 0.381 e. The van der Waals surface area contributed by atoms with Gasteiger partial charge >= 0.3 is 0 Å². The van der Waals surface area contributed by atoms with E-state index in [-0.39, 0.29) is 0 Å². The van der Waals surface area contributed by atoms with Gasteiger partial charge in [-0.3, -0.25) is 0 Å². The Bertz CT molecular complexity index is 629.